The number of urea groups is 1. The number of aliphatic carboxylic acids is 1. The smallest absolute Gasteiger partial charge is 0.317 e. The molecule has 9 nitrogen and oxygen atoms in total. The van der Waals surface area contributed by atoms with Crippen LogP contribution in [0, 0.1) is 0 Å². The average Bonchev–Trinajstić information content (AvgIpc) is 2.24. The van der Waals surface area contributed by atoms with Crippen LogP contribution in [0.25, 0.3) is 0 Å². The molecule has 21 heavy (non-hydrogen) atoms. The number of nitrogens with one attached hydrogen (secondary N) is 1. The number of primary amides is 1. The summed E-state index contributed by atoms with van der Waals surface area (Å²) < 4.78 is 23.1. The summed E-state index contributed by atoms with van der Waals surface area (Å²) >= 11 is 0. The van der Waals surface area contributed by atoms with Gasteiger partial charge in [-0.15, -0.1) is 0 Å². The Balaban J connectivity index is 2.75. The lowest BCUT2D eigenvalue weighted by molar-refractivity contribution is -0.138. The van der Waals surface area contributed by atoms with Crippen LogP contribution in [-0.4, -0.2) is 66.5 Å². The molecule has 1 heterocycles. The van der Waals surface area contributed by atoms with Crippen molar-refractivity contribution in [3.8, 4) is 0 Å². The molecule has 0 spiro atoms. The van der Waals surface area contributed by atoms with Gasteiger partial charge >= 0.3 is 12.0 Å². The number of nitrogens with two attached hydrogens (primary N) is 1. The van der Waals surface area contributed by atoms with E-state index in [0.717, 1.165) is 0 Å². The van der Waals surface area contributed by atoms with E-state index in [4.69, 9.17) is 10.8 Å². The van der Waals surface area contributed by atoms with Crippen molar-refractivity contribution in [2.75, 3.05) is 18.1 Å². The van der Waals surface area contributed by atoms with E-state index < -0.39 is 46.2 Å². The zero-order chi connectivity index (χ0) is 16.2. The molecule has 0 aromatic carbocycles. The first-order valence-electron chi connectivity index (χ1n) is 6.38. The fourth-order valence-corrected chi connectivity index (χ4v) is 3.70. The Morgan fingerprint density at radius 2 is 2.05 bits per heavy atom. The molecule has 0 bridgehead atoms. The fraction of sp³-hybridized carbons (Fsp3) is 0.727. The summed E-state index contributed by atoms with van der Waals surface area (Å²) in [5.74, 6) is -2.34. The van der Waals surface area contributed by atoms with E-state index in [9.17, 15) is 22.8 Å². The average molecular weight is 321 g/mol. The molecule has 0 saturated carbocycles. The number of amides is 3. The SMILES string of the molecule is CC(CC(N)=O)NC(=O)N1CCS(=O)(=O)CC1CC(=O)O. The monoisotopic (exact) mass is 321 g/mol. The second-order valence-corrected chi connectivity index (χ2v) is 7.31. The van der Waals surface area contributed by atoms with Crippen molar-refractivity contribution in [3.63, 3.8) is 0 Å². The summed E-state index contributed by atoms with van der Waals surface area (Å²) in [7, 11) is -3.35. The van der Waals surface area contributed by atoms with Gasteiger partial charge in [0.05, 0.1) is 24.0 Å². The van der Waals surface area contributed by atoms with E-state index >= 15 is 0 Å². The molecule has 1 rings (SSSR count). The lowest BCUT2D eigenvalue weighted by Crippen LogP contribution is -2.56. The highest BCUT2D eigenvalue weighted by Gasteiger charge is 2.35. The largest absolute Gasteiger partial charge is 0.481 e. The third kappa shape index (κ3) is 5.58. The summed E-state index contributed by atoms with van der Waals surface area (Å²) in [6.07, 6.45) is -0.502. The van der Waals surface area contributed by atoms with Gasteiger partial charge in [0.15, 0.2) is 9.84 Å². The second-order valence-electron chi connectivity index (χ2n) is 5.08. The minimum atomic E-state index is -3.35. The van der Waals surface area contributed by atoms with Crippen molar-refractivity contribution in [1.82, 2.24) is 10.2 Å². The minimum Gasteiger partial charge on any atom is -0.481 e. The number of sulfone groups is 1. The predicted molar refractivity (Wildman–Crippen MR) is 73.2 cm³/mol. The Kier molecular flexibility index (Phi) is 5.53. The van der Waals surface area contributed by atoms with Crippen LogP contribution in [0.4, 0.5) is 4.79 Å². The van der Waals surface area contributed by atoms with Gasteiger partial charge in [-0.05, 0) is 6.92 Å². The molecule has 2 unspecified atom stereocenters. The van der Waals surface area contributed by atoms with E-state index in [1.165, 1.54) is 4.90 Å². The highest BCUT2D eigenvalue weighted by molar-refractivity contribution is 7.91. The molecule has 3 amide bonds. The maximum Gasteiger partial charge on any atom is 0.317 e. The normalized spacial score (nSPS) is 22.3. The first-order chi connectivity index (χ1) is 9.60. The Morgan fingerprint density at radius 3 is 2.57 bits per heavy atom. The van der Waals surface area contributed by atoms with Gasteiger partial charge in [-0.25, -0.2) is 13.2 Å². The number of hydrogen-bond acceptors (Lipinski definition) is 5. The van der Waals surface area contributed by atoms with E-state index in [1.54, 1.807) is 6.92 Å². The van der Waals surface area contributed by atoms with Crippen LogP contribution in [-0.2, 0) is 19.4 Å². The molecule has 0 aromatic heterocycles. The number of hydrogen-bond donors (Lipinski definition) is 3. The first kappa shape index (κ1) is 17.2. The number of carbonyl (C=O) groups excluding carboxylic acids is 2. The van der Waals surface area contributed by atoms with Crippen molar-refractivity contribution < 1.29 is 27.9 Å². The Morgan fingerprint density at radius 1 is 1.43 bits per heavy atom. The summed E-state index contributed by atoms with van der Waals surface area (Å²) in [4.78, 5) is 34.8. The van der Waals surface area contributed by atoms with E-state index in [-0.39, 0.29) is 24.5 Å². The zero-order valence-corrected chi connectivity index (χ0v) is 12.4. The van der Waals surface area contributed by atoms with E-state index in [0.29, 0.717) is 0 Å². The molecular weight excluding hydrogens is 302 g/mol. The quantitative estimate of drug-likeness (QED) is 0.563. The second kappa shape index (κ2) is 6.74. The van der Waals surface area contributed by atoms with Gasteiger partial charge in [0, 0.05) is 19.0 Å². The molecule has 0 radical (unpaired) electrons. The van der Waals surface area contributed by atoms with Gasteiger partial charge in [0.1, 0.15) is 0 Å². The summed E-state index contributed by atoms with van der Waals surface area (Å²) in [6, 6.07) is -2.02. The molecule has 0 aliphatic carbocycles. The number of carbonyl (C=O) groups is 3. The van der Waals surface area contributed by atoms with Crippen molar-refractivity contribution >= 4 is 27.7 Å². The number of rotatable bonds is 5. The summed E-state index contributed by atoms with van der Waals surface area (Å²) in [5.41, 5.74) is 5.02. The molecule has 120 valence electrons. The molecule has 1 aliphatic heterocycles. The van der Waals surface area contributed by atoms with Crippen molar-refractivity contribution in [3.05, 3.63) is 0 Å². The third-order valence-electron chi connectivity index (χ3n) is 3.08. The maximum absolute atomic E-state index is 12.1. The van der Waals surface area contributed by atoms with Gasteiger partial charge in [0.25, 0.3) is 0 Å². The highest BCUT2D eigenvalue weighted by Crippen LogP contribution is 2.15. The van der Waals surface area contributed by atoms with Crippen molar-refractivity contribution in [1.29, 1.82) is 0 Å². The Labute approximate surface area is 122 Å². The topological polar surface area (TPSA) is 147 Å². The molecule has 4 N–H and O–H groups in total. The molecule has 10 heteroatoms. The van der Waals surface area contributed by atoms with Crippen LogP contribution in [0.5, 0.6) is 0 Å². The van der Waals surface area contributed by atoms with Crippen molar-refractivity contribution in [2.24, 2.45) is 5.73 Å². The van der Waals surface area contributed by atoms with Gasteiger partial charge in [0.2, 0.25) is 5.91 Å². The van der Waals surface area contributed by atoms with Gasteiger partial charge in [-0.1, -0.05) is 0 Å². The standard InChI is InChI=1S/C11H19N3O6S/c1-7(4-9(12)15)13-11(18)14-2-3-21(19,20)6-8(14)5-10(16)17/h7-8H,2-6H2,1H3,(H2,12,15)(H,13,18)(H,16,17). The molecule has 1 saturated heterocycles. The highest BCUT2D eigenvalue weighted by atomic mass is 32.2. The van der Waals surface area contributed by atoms with E-state index in [2.05, 4.69) is 5.32 Å². The minimum absolute atomic E-state index is 0.0541. The van der Waals surface area contributed by atoms with Crippen LogP contribution < -0.4 is 11.1 Å². The predicted octanol–water partition coefficient (Wildman–Crippen LogP) is -1.47. The molecule has 2 atom stereocenters. The Hall–Kier alpha value is -1.84. The number of carboxylic acids is 1. The van der Waals surface area contributed by atoms with Gasteiger partial charge in [-0.3, -0.25) is 9.59 Å². The Bertz CT molecular complexity index is 532. The molecule has 0 aromatic rings. The lowest BCUT2D eigenvalue weighted by atomic mass is 10.2. The van der Waals surface area contributed by atoms with Crippen LogP contribution in [0.1, 0.15) is 19.8 Å². The van der Waals surface area contributed by atoms with Crippen LogP contribution in [0.2, 0.25) is 0 Å². The lowest BCUT2D eigenvalue weighted by Gasteiger charge is -2.35. The van der Waals surface area contributed by atoms with Gasteiger partial charge in [-0.2, -0.15) is 0 Å². The van der Waals surface area contributed by atoms with Crippen LogP contribution in [0.15, 0.2) is 0 Å². The van der Waals surface area contributed by atoms with Crippen LogP contribution >= 0.6 is 0 Å². The molecule has 1 fully saturated rings. The first-order valence-corrected chi connectivity index (χ1v) is 8.20. The maximum atomic E-state index is 12.1. The third-order valence-corrected chi connectivity index (χ3v) is 4.78. The number of nitrogens with zero attached hydrogens (tertiary/aromatic N) is 1. The van der Waals surface area contributed by atoms with E-state index in [1.807, 2.05) is 0 Å². The van der Waals surface area contributed by atoms with Crippen LogP contribution in [0.3, 0.4) is 0 Å². The zero-order valence-electron chi connectivity index (χ0n) is 11.6. The van der Waals surface area contributed by atoms with Gasteiger partial charge < -0.3 is 21.1 Å². The molecular formula is C11H19N3O6S. The van der Waals surface area contributed by atoms with Crippen molar-refractivity contribution in [2.45, 2.75) is 31.8 Å². The summed E-state index contributed by atoms with van der Waals surface area (Å²) in [5, 5.41) is 11.3. The molecule has 1 aliphatic rings. The number of carboxylic acid groups (broad SMARTS) is 1. The fourth-order valence-electron chi connectivity index (χ4n) is 2.17. The summed E-state index contributed by atoms with van der Waals surface area (Å²) in [6.45, 7) is 1.50.